The third-order valence-corrected chi connectivity index (χ3v) is 4.23. The molecule has 1 unspecified atom stereocenters. The monoisotopic (exact) mass is 288 g/mol. The Bertz CT molecular complexity index is 684. The summed E-state index contributed by atoms with van der Waals surface area (Å²) in [6.07, 6.45) is 0.558. The first-order valence-corrected chi connectivity index (χ1v) is 7.16. The van der Waals surface area contributed by atoms with Crippen molar-refractivity contribution < 1.29 is 14.6 Å². The van der Waals surface area contributed by atoms with Crippen molar-refractivity contribution >= 4 is 16.8 Å². The number of aliphatic hydroxyl groups is 1. The topological polar surface area (TPSA) is 74.4 Å². The average molecular weight is 288 g/mol. The van der Waals surface area contributed by atoms with Crippen molar-refractivity contribution in [3.8, 4) is 0 Å². The van der Waals surface area contributed by atoms with Crippen LogP contribution in [0, 0.1) is 13.8 Å². The van der Waals surface area contributed by atoms with E-state index in [2.05, 4.69) is 10.3 Å². The molecule has 112 valence electrons. The van der Waals surface area contributed by atoms with Crippen LogP contribution in [0.1, 0.15) is 28.0 Å². The molecule has 1 aliphatic rings. The lowest BCUT2D eigenvalue weighted by Crippen LogP contribution is -2.43. The summed E-state index contributed by atoms with van der Waals surface area (Å²) in [5.74, 6) is -0.171. The van der Waals surface area contributed by atoms with Gasteiger partial charge in [0.2, 0.25) is 0 Å². The number of ether oxygens (including phenoxy) is 1. The van der Waals surface area contributed by atoms with E-state index in [9.17, 15) is 9.90 Å². The van der Waals surface area contributed by atoms with Gasteiger partial charge in [-0.25, -0.2) is 0 Å². The number of carbonyl (C=O) groups excluding carboxylic acids is 1. The molecule has 0 spiro atoms. The molecule has 1 amide bonds. The van der Waals surface area contributed by atoms with E-state index in [1.54, 1.807) is 6.07 Å². The second kappa shape index (κ2) is 5.16. The van der Waals surface area contributed by atoms with Crippen LogP contribution in [0.5, 0.6) is 0 Å². The number of aryl methyl sites for hydroxylation is 2. The van der Waals surface area contributed by atoms with Gasteiger partial charge in [-0.2, -0.15) is 0 Å². The number of aromatic amines is 1. The van der Waals surface area contributed by atoms with Crippen LogP contribution in [-0.2, 0) is 4.74 Å². The van der Waals surface area contributed by atoms with Crippen LogP contribution in [-0.4, -0.2) is 41.4 Å². The van der Waals surface area contributed by atoms with E-state index < -0.39 is 5.60 Å². The zero-order valence-electron chi connectivity index (χ0n) is 12.3. The van der Waals surface area contributed by atoms with Crippen LogP contribution >= 0.6 is 0 Å². The predicted molar refractivity (Wildman–Crippen MR) is 80.5 cm³/mol. The Morgan fingerprint density at radius 3 is 3.00 bits per heavy atom. The van der Waals surface area contributed by atoms with Gasteiger partial charge < -0.3 is 20.1 Å². The third-order valence-electron chi connectivity index (χ3n) is 4.23. The Hall–Kier alpha value is -1.85. The van der Waals surface area contributed by atoms with E-state index in [4.69, 9.17) is 4.74 Å². The molecule has 1 aromatic heterocycles. The summed E-state index contributed by atoms with van der Waals surface area (Å²) >= 11 is 0. The first-order valence-electron chi connectivity index (χ1n) is 7.16. The van der Waals surface area contributed by atoms with Crippen LogP contribution in [0.15, 0.2) is 18.2 Å². The van der Waals surface area contributed by atoms with E-state index in [0.29, 0.717) is 18.6 Å². The fourth-order valence-electron chi connectivity index (χ4n) is 2.69. The van der Waals surface area contributed by atoms with Gasteiger partial charge in [0.25, 0.3) is 5.91 Å². The van der Waals surface area contributed by atoms with Gasteiger partial charge in [-0.1, -0.05) is 0 Å². The van der Waals surface area contributed by atoms with Gasteiger partial charge in [-0.15, -0.1) is 0 Å². The number of benzene rings is 1. The zero-order chi connectivity index (χ0) is 15.0. The van der Waals surface area contributed by atoms with E-state index in [1.165, 1.54) is 0 Å². The summed E-state index contributed by atoms with van der Waals surface area (Å²) in [6.45, 7) is 5.09. The molecule has 2 aromatic rings. The number of H-pyrrole nitrogens is 1. The van der Waals surface area contributed by atoms with E-state index in [0.717, 1.165) is 22.2 Å². The summed E-state index contributed by atoms with van der Waals surface area (Å²) < 4.78 is 5.17. The highest BCUT2D eigenvalue weighted by atomic mass is 16.5. The van der Waals surface area contributed by atoms with Gasteiger partial charge in [0.1, 0.15) is 5.60 Å². The smallest absolute Gasteiger partial charge is 0.251 e. The SMILES string of the molecule is Cc1[nH]c2ccc(C(=O)NCC3(O)CCOC3)cc2c1C. The third kappa shape index (κ3) is 2.66. The number of hydrogen-bond acceptors (Lipinski definition) is 3. The maximum atomic E-state index is 12.2. The number of amides is 1. The molecular formula is C16H20N2O3. The van der Waals surface area contributed by atoms with Crippen LogP contribution in [0.4, 0.5) is 0 Å². The number of aromatic nitrogens is 1. The molecule has 0 radical (unpaired) electrons. The molecule has 0 aliphatic carbocycles. The summed E-state index contributed by atoms with van der Waals surface area (Å²) in [4.78, 5) is 15.5. The van der Waals surface area contributed by atoms with E-state index in [-0.39, 0.29) is 19.1 Å². The summed E-state index contributed by atoms with van der Waals surface area (Å²) in [6, 6.07) is 5.60. The number of fused-ring (bicyclic) bond motifs is 1. The fraction of sp³-hybridized carbons (Fsp3) is 0.438. The van der Waals surface area contributed by atoms with Gasteiger partial charge in [0.05, 0.1) is 6.61 Å². The fourth-order valence-corrected chi connectivity index (χ4v) is 2.69. The number of hydrogen-bond donors (Lipinski definition) is 3. The minimum absolute atomic E-state index is 0.171. The van der Waals surface area contributed by atoms with Crippen molar-refractivity contribution in [2.45, 2.75) is 25.9 Å². The minimum atomic E-state index is -0.930. The minimum Gasteiger partial charge on any atom is -0.386 e. The van der Waals surface area contributed by atoms with Gasteiger partial charge in [-0.3, -0.25) is 4.79 Å². The molecule has 3 N–H and O–H groups in total. The molecule has 5 heteroatoms. The Kier molecular flexibility index (Phi) is 3.47. The average Bonchev–Trinajstić information content (AvgIpc) is 3.02. The molecule has 1 aliphatic heterocycles. The van der Waals surface area contributed by atoms with Gasteiger partial charge in [-0.05, 0) is 37.6 Å². The van der Waals surface area contributed by atoms with Crippen molar-refractivity contribution in [1.82, 2.24) is 10.3 Å². The Morgan fingerprint density at radius 1 is 1.48 bits per heavy atom. The largest absolute Gasteiger partial charge is 0.386 e. The normalized spacial score (nSPS) is 21.9. The van der Waals surface area contributed by atoms with Gasteiger partial charge in [0.15, 0.2) is 0 Å². The van der Waals surface area contributed by atoms with Crippen molar-refractivity contribution in [1.29, 1.82) is 0 Å². The highest BCUT2D eigenvalue weighted by Gasteiger charge is 2.32. The van der Waals surface area contributed by atoms with Crippen LogP contribution in [0.25, 0.3) is 10.9 Å². The summed E-state index contributed by atoms with van der Waals surface area (Å²) in [7, 11) is 0. The lowest BCUT2D eigenvalue weighted by molar-refractivity contribution is 0.0264. The van der Waals surface area contributed by atoms with E-state index >= 15 is 0 Å². The molecular weight excluding hydrogens is 268 g/mol. The second-order valence-corrected chi connectivity index (χ2v) is 5.84. The second-order valence-electron chi connectivity index (χ2n) is 5.84. The first-order chi connectivity index (χ1) is 9.98. The Labute approximate surface area is 123 Å². The highest BCUT2D eigenvalue weighted by Crippen LogP contribution is 2.22. The highest BCUT2D eigenvalue weighted by molar-refractivity contribution is 5.99. The molecule has 5 nitrogen and oxygen atoms in total. The van der Waals surface area contributed by atoms with Gasteiger partial charge >= 0.3 is 0 Å². The zero-order valence-corrected chi connectivity index (χ0v) is 12.3. The van der Waals surface area contributed by atoms with Crippen molar-refractivity contribution in [3.63, 3.8) is 0 Å². The molecule has 0 bridgehead atoms. The lowest BCUT2D eigenvalue weighted by Gasteiger charge is -2.20. The molecule has 1 aromatic carbocycles. The lowest BCUT2D eigenvalue weighted by atomic mass is 10.0. The standard InChI is InChI=1S/C16H20N2O3/c1-10-11(2)18-14-4-3-12(7-13(10)14)15(19)17-8-16(20)5-6-21-9-16/h3-4,7,18,20H,5-6,8-9H2,1-2H3,(H,17,19). The molecule has 1 atom stereocenters. The van der Waals surface area contributed by atoms with Crippen LogP contribution < -0.4 is 5.32 Å². The number of rotatable bonds is 3. The number of carbonyl (C=O) groups is 1. The summed E-state index contributed by atoms with van der Waals surface area (Å²) in [5.41, 5.74) is 2.97. The van der Waals surface area contributed by atoms with Crippen LogP contribution in [0.2, 0.25) is 0 Å². The van der Waals surface area contributed by atoms with Crippen molar-refractivity contribution in [2.75, 3.05) is 19.8 Å². The molecule has 2 heterocycles. The maximum absolute atomic E-state index is 12.2. The molecule has 21 heavy (non-hydrogen) atoms. The maximum Gasteiger partial charge on any atom is 0.251 e. The Morgan fingerprint density at radius 2 is 2.29 bits per heavy atom. The molecule has 1 saturated heterocycles. The van der Waals surface area contributed by atoms with Crippen molar-refractivity contribution in [2.24, 2.45) is 0 Å². The predicted octanol–water partition coefficient (Wildman–Crippen LogP) is 1.67. The Balaban J connectivity index is 1.76. The van der Waals surface area contributed by atoms with E-state index in [1.807, 2.05) is 26.0 Å². The van der Waals surface area contributed by atoms with Gasteiger partial charge in [0, 0.05) is 41.7 Å². The molecule has 0 saturated carbocycles. The quantitative estimate of drug-likeness (QED) is 0.804. The molecule has 1 fully saturated rings. The summed E-state index contributed by atoms with van der Waals surface area (Å²) in [5, 5.41) is 14.0. The molecule has 3 rings (SSSR count). The number of nitrogens with one attached hydrogen (secondary N) is 2. The van der Waals surface area contributed by atoms with Crippen LogP contribution in [0.3, 0.4) is 0 Å². The van der Waals surface area contributed by atoms with Crippen molar-refractivity contribution in [3.05, 3.63) is 35.0 Å². The first kappa shape index (κ1) is 14.1.